The molecule has 0 heteroatoms. The van der Waals surface area contributed by atoms with E-state index in [1.165, 1.54) is 152 Å². The standard InChI is InChI=1S/C64H36/c1-5-17-37(18-6-1)42-33-35-50-55-44(42)27-15-31-48(55)62-59(50)54(41-23-11-4-12-24-41)57-43(38-19-7-2-8-20-38)34-36-51-60-56-47(30-16-32-49(56)63(62)64(51)57)53(40-21-9-3-10-22-40)58-45-28-13-25-39-26-14-29-46(52(39)45)61(58)60/h1-36H. The first-order valence-corrected chi connectivity index (χ1v) is 22.4. The number of hydrogen-bond donors (Lipinski definition) is 0. The summed E-state index contributed by atoms with van der Waals surface area (Å²) in [6, 6.07) is 82.1. The van der Waals surface area contributed by atoms with Crippen molar-refractivity contribution in [1.29, 1.82) is 0 Å². The van der Waals surface area contributed by atoms with Crippen LogP contribution >= 0.6 is 0 Å². The van der Waals surface area contributed by atoms with Crippen molar-refractivity contribution in [3.63, 3.8) is 0 Å². The first-order valence-electron chi connectivity index (χ1n) is 22.4. The van der Waals surface area contributed by atoms with Crippen molar-refractivity contribution in [2.24, 2.45) is 0 Å². The summed E-state index contributed by atoms with van der Waals surface area (Å²) in [5, 5.41) is 26.5. The average Bonchev–Trinajstić information content (AvgIpc) is 3.88. The van der Waals surface area contributed by atoms with E-state index in [1.54, 1.807) is 0 Å². The monoisotopic (exact) mass is 804 g/mol. The number of rotatable bonds is 4. The molecule has 0 unspecified atom stereocenters. The molecule has 0 amide bonds. The first kappa shape index (κ1) is 34.3. The average molecular weight is 805 g/mol. The maximum atomic E-state index is 2.47. The zero-order valence-electron chi connectivity index (χ0n) is 34.8. The molecule has 15 rings (SSSR count). The van der Waals surface area contributed by atoms with Crippen LogP contribution in [0.25, 0.3) is 152 Å². The van der Waals surface area contributed by atoms with E-state index in [1.807, 2.05) is 0 Å². The third-order valence-corrected chi connectivity index (χ3v) is 14.6. The topological polar surface area (TPSA) is 0 Å². The minimum absolute atomic E-state index is 1.23. The minimum atomic E-state index is 1.23. The lowest BCUT2D eigenvalue weighted by atomic mass is 9.79. The lowest BCUT2D eigenvalue weighted by Gasteiger charge is -2.23. The van der Waals surface area contributed by atoms with Gasteiger partial charge in [-0.3, -0.25) is 0 Å². The summed E-state index contributed by atoms with van der Waals surface area (Å²) >= 11 is 0. The number of benzene rings is 13. The molecule has 0 atom stereocenters. The van der Waals surface area contributed by atoms with Crippen LogP contribution in [0.2, 0.25) is 0 Å². The van der Waals surface area contributed by atoms with Gasteiger partial charge in [0, 0.05) is 0 Å². The minimum Gasteiger partial charge on any atom is -0.0622 e. The van der Waals surface area contributed by atoms with Gasteiger partial charge in [0.2, 0.25) is 0 Å². The van der Waals surface area contributed by atoms with E-state index in [9.17, 15) is 0 Å². The summed E-state index contributed by atoms with van der Waals surface area (Å²) in [4.78, 5) is 0. The molecule has 0 nitrogen and oxygen atoms in total. The quantitative estimate of drug-likeness (QED) is 0.123. The Kier molecular flexibility index (Phi) is 6.77. The van der Waals surface area contributed by atoms with Crippen LogP contribution < -0.4 is 0 Å². The molecule has 0 N–H and O–H groups in total. The van der Waals surface area contributed by atoms with Crippen molar-refractivity contribution in [2.75, 3.05) is 0 Å². The second-order valence-corrected chi connectivity index (χ2v) is 17.7. The van der Waals surface area contributed by atoms with E-state index in [-0.39, 0.29) is 0 Å². The van der Waals surface area contributed by atoms with Crippen molar-refractivity contribution in [3.05, 3.63) is 218 Å². The molecule has 292 valence electrons. The zero-order chi connectivity index (χ0) is 41.6. The van der Waals surface area contributed by atoms with E-state index >= 15 is 0 Å². The Balaban J connectivity index is 1.30. The molecule has 0 radical (unpaired) electrons. The molecule has 0 saturated carbocycles. The van der Waals surface area contributed by atoms with Crippen LogP contribution in [0.15, 0.2) is 218 Å². The highest BCUT2D eigenvalue weighted by atomic mass is 14.3. The largest absolute Gasteiger partial charge is 0.0622 e. The molecular formula is C64H36. The Morgan fingerprint density at radius 2 is 0.531 bits per heavy atom. The van der Waals surface area contributed by atoms with Gasteiger partial charge in [0.25, 0.3) is 0 Å². The van der Waals surface area contributed by atoms with Crippen LogP contribution in [0.5, 0.6) is 0 Å². The number of fused-ring (bicyclic) bond motifs is 10. The van der Waals surface area contributed by atoms with E-state index in [0.717, 1.165) is 0 Å². The van der Waals surface area contributed by atoms with E-state index in [2.05, 4.69) is 218 Å². The molecule has 0 fully saturated rings. The Labute approximate surface area is 368 Å². The molecule has 15 aromatic carbocycles. The summed E-state index contributed by atoms with van der Waals surface area (Å²) in [6.45, 7) is 0. The summed E-state index contributed by atoms with van der Waals surface area (Å²) in [7, 11) is 0. The van der Waals surface area contributed by atoms with Crippen LogP contribution in [0.1, 0.15) is 0 Å². The fourth-order valence-corrected chi connectivity index (χ4v) is 12.3. The molecule has 0 bridgehead atoms. The predicted molar refractivity (Wildman–Crippen MR) is 277 cm³/mol. The molecule has 0 aromatic heterocycles. The highest BCUT2D eigenvalue weighted by molar-refractivity contribution is 6.53. The molecule has 0 saturated heterocycles. The lowest BCUT2D eigenvalue weighted by Crippen LogP contribution is -1.95. The van der Waals surface area contributed by atoms with Gasteiger partial charge in [-0.1, -0.05) is 218 Å². The van der Waals surface area contributed by atoms with Gasteiger partial charge in [-0.15, -0.1) is 0 Å². The molecule has 0 aliphatic carbocycles. The van der Waals surface area contributed by atoms with Crippen molar-refractivity contribution in [3.8, 4) is 44.5 Å². The van der Waals surface area contributed by atoms with Gasteiger partial charge in [0.15, 0.2) is 0 Å². The van der Waals surface area contributed by atoms with Gasteiger partial charge in [-0.05, 0) is 152 Å². The normalized spacial score (nSPS) is 12.4. The Morgan fingerprint density at radius 3 is 1.16 bits per heavy atom. The Hall–Kier alpha value is -8.32. The second kappa shape index (κ2) is 12.6. The summed E-state index contributed by atoms with van der Waals surface area (Å²) in [6.07, 6.45) is 0. The fourth-order valence-electron chi connectivity index (χ4n) is 12.3. The van der Waals surface area contributed by atoms with Crippen molar-refractivity contribution in [2.45, 2.75) is 0 Å². The third kappa shape index (κ3) is 4.32. The van der Waals surface area contributed by atoms with Crippen LogP contribution in [-0.4, -0.2) is 0 Å². The van der Waals surface area contributed by atoms with Crippen molar-refractivity contribution in [1.82, 2.24) is 0 Å². The second-order valence-electron chi connectivity index (χ2n) is 17.7. The van der Waals surface area contributed by atoms with Crippen LogP contribution in [0.3, 0.4) is 0 Å². The van der Waals surface area contributed by atoms with Crippen molar-refractivity contribution < 1.29 is 0 Å². The highest BCUT2D eigenvalue weighted by Gasteiger charge is 2.30. The van der Waals surface area contributed by atoms with E-state index in [0.29, 0.717) is 0 Å². The third-order valence-electron chi connectivity index (χ3n) is 14.6. The molecule has 0 aliphatic rings. The van der Waals surface area contributed by atoms with Crippen LogP contribution in [-0.2, 0) is 0 Å². The van der Waals surface area contributed by atoms with Gasteiger partial charge in [0.05, 0.1) is 0 Å². The fraction of sp³-hybridized carbons (Fsp3) is 0. The van der Waals surface area contributed by atoms with Crippen LogP contribution in [0.4, 0.5) is 0 Å². The van der Waals surface area contributed by atoms with Gasteiger partial charge in [-0.2, -0.15) is 0 Å². The van der Waals surface area contributed by atoms with E-state index < -0.39 is 0 Å². The molecule has 64 heavy (non-hydrogen) atoms. The first-order chi connectivity index (χ1) is 31.8. The summed E-state index contributed by atoms with van der Waals surface area (Å²) in [5.41, 5.74) is 10.1. The smallest absolute Gasteiger partial charge is 0.000695 e. The van der Waals surface area contributed by atoms with Gasteiger partial charge in [0.1, 0.15) is 0 Å². The van der Waals surface area contributed by atoms with E-state index in [4.69, 9.17) is 0 Å². The molecule has 15 aromatic rings. The van der Waals surface area contributed by atoms with Gasteiger partial charge in [-0.25, -0.2) is 0 Å². The molecule has 0 aliphatic heterocycles. The van der Waals surface area contributed by atoms with Crippen molar-refractivity contribution >= 4 is 108 Å². The lowest BCUT2D eigenvalue weighted by molar-refractivity contribution is 1.66. The Morgan fingerprint density at radius 1 is 0.156 bits per heavy atom. The maximum absolute atomic E-state index is 2.47. The van der Waals surface area contributed by atoms with Gasteiger partial charge >= 0.3 is 0 Å². The molecule has 0 heterocycles. The predicted octanol–water partition coefficient (Wildman–Crippen LogP) is 18.2. The SMILES string of the molecule is c1ccc(-c2ccc3c4c(-c5ccccc5)c5c(-c6ccccc6)ccc6c5c(c5cccc7c(-c8ccccc8)c8c9cccc%10cccc(c%109)c8c6c75)c4c4cccc2c34)cc1. The molecule has 0 spiro atoms. The summed E-state index contributed by atoms with van der Waals surface area (Å²) in [5.74, 6) is 0. The Bertz CT molecular complexity index is 4350. The van der Waals surface area contributed by atoms with Crippen LogP contribution in [0, 0.1) is 0 Å². The summed E-state index contributed by atoms with van der Waals surface area (Å²) < 4.78 is 0. The zero-order valence-corrected chi connectivity index (χ0v) is 34.8. The highest BCUT2D eigenvalue weighted by Crippen LogP contribution is 2.58. The molecular weight excluding hydrogens is 769 g/mol. The number of hydrogen-bond acceptors (Lipinski definition) is 0. The maximum Gasteiger partial charge on any atom is -0.000695 e. The van der Waals surface area contributed by atoms with Gasteiger partial charge < -0.3 is 0 Å².